The van der Waals surface area contributed by atoms with E-state index < -0.39 is 16.0 Å². The summed E-state index contributed by atoms with van der Waals surface area (Å²) in [6.45, 7) is 0.952. The predicted octanol–water partition coefficient (Wildman–Crippen LogP) is 1.38. The molecule has 2 rings (SSSR count). The number of nitrogens with one attached hydrogen (secondary N) is 1. The number of carboxylic acids is 1. The summed E-state index contributed by atoms with van der Waals surface area (Å²) in [5, 5.41) is 8.82. The summed E-state index contributed by atoms with van der Waals surface area (Å²) in [5.41, 5.74) is 0.558. The Labute approximate surface area is 135 Å². The van der Waals surface area contributed by atoms with Gasteiger partial charge in [-0.05, 0) is 30.9 Å². The number of hydrogen-bond acceptors (Lipinski definition) is 4. The summed E-state index contributed by atoms with van der Waals surface area (Å²) in [5.74, 6) is -0.982. The Morgan fingerprint density at radius 3 is 2.43 bits per heavy atom. The molecule has 1 heterocycles. The van der Waals surface area contributed by atoms with E-state index in [9.17, 15) is 18.0 Å². The Bertz CT molecular complexity index is 694. The number of hydrogen-bond donors (Lipinski definition) is 2. The Hall–Kier alpha value is -2.09. The molecule has 7 nitrogen and oxygen atoms in total. The fraction of sp³-hybridized carbons (Fsp3) is 0.467. The lowest BCUT2D eigenvalue weighted by Gasteiger charge is -2.31. The first kappa shape index (κ1) is 17.3. The summed E-state index contributed by atoms with van der Waals surface area (Å²) < 4.78 is 25.2. The third-order valence-electron chi connectivity index (χ3n) is 3.82. The van der Waals surface area contributed by atoms with E-state index >= 15 is 0 Å². The number of rotatable bonds is 5. The molecule has 1 aromatic rings. The van der Waals surface area contributed by atoms with Crippen molar-refractivity contribution >= 4 is 27.6 Å². The first-order valence-corrected chi connectivity index (χ1v) is 9.23. The van der Waals surface area contributed by atoms with Gasteiger partial charge < -0.3 is 10.0 Å². The molecule has 0 radical (unpaired) electrons. The minimum Gasteiger partial charge on any atom is -0.481 e. The largest absolute Gasteiger partial charge is 0.481 e. The molecular formula is C15H20N2O5S. The zero-order chi connectivity index (χ0) is 17.0. The Balaban J connectivity index is 2.09. The first-order valence-electron chi connectivity index (χ1n) is 7.34. The summed E-state index contributed by atoms with van der Waals surface area (Å²) >= 11 is 0. The zero-order valence-corrected chi connectivity index (χ0v) is 13.7. The number of piperidine rings is 1. The molecular weight excluding hydrogens is 320 g/mol. The van der Waals surface area contributed by atoms with E-state index in [1.165, 1.54) is 0 Å². The lowest BCUT2D eigenvalue weighted by molar-refractivity contribution is -0.138. The van der Waals surface area contributed by atoms with Crippen LogP contribution >= 0.6 is 0 Å². The van der Waals surface area contributed by atoms with Gasteiger partial charge in [-0.3, -0.25) is 14.3 Å². The molecule has 0 unspecified atom stereocenters. The van der Waals surface area contributed by atoms with Crippen LogP contribution in [0.25, 0.3) is 0 Å². The Morgan fingerprint density at radius 1 is 1.26 bits per heavy atom. The molecule has 2 N–H and O–H groups in total. The molecule has 0 atom stereocenters. The van der Waals surface area contributed by atoms with Gasteiger partial charge in [0.15, 0.2) is 0 Å². The van der Waals surface area contributed by atoms with Gasteiger partial charge in [0.25, 0.3) is 5.91 Å². The van der Waals surface area contributed by atoms with E-state index in [0.29, 0.717) is 31.5 Å². The average molecular weight is 340 g/mol. The van der Waals surface area contributed by atoms with Crippen molar-refractivity contribution < 1.29 is 23.1 Å². The smallest absolute Gasteiger partial charge is 0.303 e. The highest BCUT2D eigenvalue weighted by Crippen LogP contribution is 2.24. The molecule has 0 aromatic heterocycles. The monoisotopic (exact) mass is 340 g/mol. The number of carbonyl (C=O) groups is 2. The molecule has 8 heteroatoms. The number of anilines is 1. The van der Waals surface area contributed by atoms with Crippen molar-refractivity contribution in [3.05, 3.63) is 29.8 Å². The summed E-state index contributed by atoms with van der Waals surface area (Å²) in [4.78, 5) is 25.0. The number of likely N-dealkylation sites (tertiary alicyclic amines) is 1. The SMILES string of the molecule is CS(=O)(=O)Nc1ccccc1C(=O)N1CCC(CC(=O)O)CC1. The van der Waals surface area contributed by atoms with Gasteiger partial charge in [-0.15, -0.1) is 0 Å². The quantitative estimate of drug-likeness (QED) is 0.843. The molecule has 23 heavy (non-hydrogen) atoms. The molecule has 1 aliphatic rings. The third kappa shape index (κ3) is 4.95. The van der Waals surface area contributed by atoms with Crippen LogP contribution in [0.1, 0.15) is 29.6 Å². The first-order chi connectivity index (χ1) is 10.8. The van der Waals surface area contributed by atoms with E-state index in [1.807, 2.05) is 0 Å². The van der Waals surface area contributed by atoms with Crippen LogP contribution in [0.4, 0.5) is 5.69 Å². The van der Waals surface area contributed by atoms with Gasteiger partial charge in [-0.2, -0.15) is 0 Å². The van der Waals surface area contributed by atoms with Crippen LogP contribution in [-0.4, -0.2) is 49.6 Å². The number of benzene rings is 1. The number of sulfonamides is 1. The Kier molecular flexibility index (Phi) is 5.25. The second kappa shape index (κ2) is 6.99. The lowest BCUT2D eigenvalue weighted by Crippen LogP contribution is -2.39. The number of carbonyl (C=O) groups excluding carboxylic acids is 1. The molecule has 1 amide bonds. The van der Waals surface area contributed by atoms with E-state index in [4.69, 9.17) is 5.11 Å². The second-order valence-electron chi connectivity index (χ2n) is 5.75. The molecule has 1 saturated heterocycles. The van der Waals surface area contributed by atoms with Crippen LogP contribution in [0, 0.1) is 5.92 Å². The van der Waals surface area contributed by atoms with Crippen molar-refractivity contribution in [1.82, 2.24) is 4.90 Å². The van der Waals surface area contributed by atoms with Crippen LogP contribution in [0.15, 0.2) is 24.3 Å². The van der Waals surface area contributed by atoms with Gasteiger partial charge in [0.1, 0.15) is 0 Å². The molecule has 1 aliphatic heterocycles. The predicted molar refractivity (Wildman–Crippen MR) is 85.8 cm³/mol. The summed E-state index contributed by atoms with van der Waals surface area (Å²) in [6, 6.07) is 6.46. The van der Waals surface area contributed by atoms with E-state index in [-0.39, 0.29) is 23.9 Å². The normalized spacial score (nSPS) is 16.1. The van der Waals surface area contributed by atoms with Crippen molar-refractivity contribution in [2.24, 2.45) is 5.92 Å². The summed E-state index contributed by atoms with van der Waals surface area (Å²) in [7, 11) is -3.47. The van der Waals surface area contributed by atoms with Gasteiger partial charge in [0.05, 0.1) is 17.5 Å². The van der Waals surface area contributed by atoms with Crippen LogP contribution in [0.2, 0.25) is 0 Å². The van der Waals surface area contributed by atoms with Gasteiger partial charge in [-0.25, -0.2) is 8.42 Å². The highest BCUT2D eigenvalue weighted by atomic mass is 32.2. The minimum absolute atomic E-state index is 0.0842. The highest BCUT2D eigenvalue weighted by Gasteiger charge is 2.26. The fourth-order valence-electron chi connectivity index (χ4n) is 2.72. The van der Waals surface area contributed by atoms with Crippen molar-refractivity contribution in [1.29, 1.82) is 0 Å². The van der Waals surface area contributed by atoms with Crippen molar-refractivity contribution in [3.63, 3.8) is 0 Å². The molecule has 126 valence electrons. The minimum atomic E-state index is -3.47. The zero-order valence-electron chi connectivity index (χ0n) is 12.9. The maximum atomic E-state index is 12.6. The summed E-state index contributed by atoms with van der Waals surface area (Å²) in [6.07, 6.45) is 2.43. The van der Waals surface area contributed by atoms with Crippen LogP contribution in [-0.2, 0) is 14.8 Å². The number of carboxylic acid groups (broad SMARTS) is 1. The van der Waals surface area contributed by atoms with Crippen molar-refractivity contribution in [3.8, 4) is 0 Å². The van der Waals surface area contributed by atoms with Gasteiger partial charge in [0, 0.05) is 19.5 Å². The fourth-order valence-corrected chi connectivity index (χ4v) is 3.29. The maximum Gasteiger partial charge on any atom is 0.303 e. The van der Waals surface area contributed by atoms with Gasteiger partial charge in [-0.1, -0.05) is 12.1 Å². The topological polar surface area (TPSA) is 104 Å². The highest BCUT2D eigenvalue weighted by molar-refractivity contribution is 7.92. The standard InChI is InChI=1S/C15H20N2O5S/c1-23(21,22)16-13-5-3-2-4-12(13)15(20)17-8-6-11(7-9-17)10-14(18)19/h2-5,11,16H,6-10H2,1H3,(H,18,19). The van der Waals surface area contributed by atoms with Crippen molar-refractivity contribution in [2.75, 3.05) is 24.1 Å². The maximum absolute atomic E-state index is 12.6. The molecule has 1 aromatic carbocycles. The van der Waals surface area contributed by atoms with Gasteiger partial charge in [0.2, 0.25) is 10.0 Å². The van der Waals surface area contributed by atoms with Crippen molar-refractivity contribution in [2.45, 2.75) is 19.3 Å². The van der Waals surface area contributed by atoms with Gasteiger partial charge >= 0.3 is 5.97 Å². The molecule has 0 bridgehead atoms. The van der Waals surface area contributed by atoms with Crippen LogP contribution < -0.4 is 4.72 Å². The number of aliphatic carboxylic acids is 1. The van der Waals surface area contributed by atoms with E-state index in [0.717, 1.165) is 6.26 Å². The molecule has 0 saturated carbocycles. The Morgan fingerprint density at radius 2 is 1.87 bits per heavy atom. The number of para-hydroxylation sites is 1. The molecule has 1 fully saturated rings. The molecule has 0 aliphatic carbocycles. The van der Waals surface area contributed by atoms with Crippen LogP contribution in [0.5, 0.6) is 0 Å². The number of nitrogens with zero attached hydrogens (tertiary/aromatic N) is 1. The number of amides is 1. The second-order valence-corrected chi connectivity index (χ2v) is 7.50. The third-order valence-corrected chi connectivity index (χ3v) is 4.41. The molecule has 0 spiro atoms. The van der Waals surface area contributed by atoms with E-state index in [1.54, 1.807) is 29.2 Å². The van der Waals surface area contributed by atoms with Crippen LogP contribution in [0.3, 0.4) is 0 Å². The lowest BCUT2D eigenvalue weighted by atomic mass is 9.93. The average Bonchev–Trinajstić information content (AvgIpc) is 2.45. The van der Waals surface area contributed by atoms with E-state index in [2.05, 4.69) is 4.72 Å².